The number of nitrogens with zero attached hydrogens (tertiary/aromatic N) is 4. The van der Waals surface area contributed by atoms with Crippen LogP contribution in [0, 0.1) is 13.8 Å². The molecule has 24 heavy (non-hydrogen) atoms. The predicted molar refractivity (Wildman–Crippen MR) is 95.0 cm³/mol. The summed E-state index contributed by atoms with van der Waals surface area (Å²) in [6.07, 6.45) is 3.75. The van der Waals surface area contributed by atoms with Crippen LogP contribution in [0.5, 0.6) is 0 Å². The lowest BCUT2D eigenvalue weighted by atomic mass is 10.3. The molecule has 3 aromatic heterocycles. The van der Waals surface area contributed by atoms with Gasteiger partial charge < -0.3 is 5.32 Å². The number of thiazole rings is 1. The summed E-state index contributed by atoms with van der Waals surface area (Å²) in [7, 11) is 1.91. The Kier molecular flexibility index (Phi) is 4.92. The Bertz CT molecular complexity index is 839. The van der Waals surface area contributed by atoms with Gasteiger partial charge in [-0.1, -0.05) is 6.07 Å². The summed E-state index contributed by atoms with van der Waals surface area (Å²) in [5.74, 6) is -0.0160. The first kappa shape index (κ1) is 16.6. The van der Waals surface area contributed by atoms with Crippen LogP contribution >= 0.6 is 11.3 Å². The maximum absolute atomic E-state index is 12.1. The van der Waals surface area contributed by atoms with E-state index < -0.39 is 0 Å². The van der Waals surface area contributed by atoms with Gasteiger partial charge in [-0.2, -0.15) is 0 Å². The molecule has 0 aliphatic heterocycles. The third kappa shape index (κ3) is 3.80. The lowest BCUT2D eigenvalue weighted by molar-refractivity contribution is -0.122. The molecule has 0 aliphatic carbocycles. The van der Waals surface area contributed by atoms with E-state index in [0.29, 0.717) is 19.6 Å². The SMILES string of the molecule is Cc1sc2nc(CNC(=O)CN(C)Cc3ccccn3)cn2c1C. The van der Waals surface area contributed by atoms with Crippen molar-refractivity contribution in [3.8, 4) is 0 Å². The lowest BCUT2D eigenvalue weighted by Gasteiger charge is -2.15. The molecule has 0 aliphatic rings. The van der Waals surface area contributed by atoms with Crippen molar-refractivity contribution >= 4 is 22.2 Å². The van der Waals surface area contributed by atoms with Crippen LogP contribution in [-0.4, -0.2) is 38.8 Å². The summed E-state index contributed by atoms with van der Waals surface area (Å²) in [6, 6.07) is 5.79. The Morgan fingerprint density at radius 2 is 2.17 bits per heavy atom. The van der Waals surface area contributed by atoms with Gasteiger partial charge >= 0.3 is 0 Å². The molecule has 0 unspecified atom stereocenters. The van der Waals surface area contributed by atoms with Crippen molar-refractivity contribution in [1.29, 1.82) is 0 Å². The van der Waals surface area contributed by atoms with Gasteiger partial charge in [-0.3, -0.25) is 19.1 Å². The summed E-state index contributed by atoms with van der Waals surface area (Å²) in [6.45, 7) is 5.59. The molecule has 7 heteroatoms. The van der Waals surface area contributed by atoms with E-state index in [2.05, 4.69) is 33.5 Å². The molecule has 0 aromatic carbocycles. The fraction of sp³-hybridized carbons (Fsp3) is 0.353. The molecule has 3 heterocycles. The standard InChI is InChI=1S/C17H21N5OS/c1-12-13(2)24-17-20-15(10-22(12)17)8-19-16(23)11-21(3)9-14-6-4-5-7-18-14/h4-7,10H,8-9,11H2,1-3H3,(H,19,23). The zero-order valence-corrected chi connectivity index (χ0v) is 14.9. The number of fused-ring (bicyclic) bond motifs is 1. The van der Waals surface area contributed by atoms with Crippen molar-refractivity contribution in [2.24, 2.45) is 0 Å². The molecule has 1 N–H and O–H groups in total. The minimum atomic E-state index is -0.0160. The fourth-order valence-electron chi connectivity index (χ4n) is 2.50. The first-order valence-electron chi connectivity index (χ1n) is 7.82. The highest BCUT2D eigenvalue weighted by molar-refractivity contribution is 7.17. The van der Waals surface area contributed by atoms with Gasteiger partial charge in [0, 0.05) is 29.5 Å². The van der Waals surface area contributed by atoms with Gasteiger partial charge in [0.15, 0.2) is 4.96 Å². The number of aryl methyl sites for hydroxylation is 2. The Morgan fingerprint density at radius 3 is 2.88 bits per heavy atom. The summed E-state index contributed by atoms with van der Waals surface area (Å²) in [4.78, 5) is 25.1. The van der Waals surface area contributed by atoms with E-state index in [9.17, 15) is 4.79 Å². The van der Waals surface area contributed by atoms with Crippen LogP contribution in [0.1, 0.15) is 22.0 Å². The average molecular weight is 343 g/mol. The van der Waals surface area contributed by atoms with E-state index in [-0.39, 0.29) is 5.91 Å². The zero-order chi connectivity index (χ0) is 17.1. The van der Waals surface area contributed by atoms with Gasteiger partial charge in [0.1, 0.15) is 0 Å². The smallest absolute Gasteiger partial charge is 0.234 e. The molecular weight excluding hydrogens is 322 g/mol. The Hall–Kier alpha value is -2.25. The first-order chi connectivity index (χ1) is 11.5. The van der Waals surface area contributed by atoms with Crippen LogP contribution in [0.3, 0.4) is 0 Å². The Labute approximate surface area is 145 Å². The summed E-state index contributed by atoms with van der Waals surface area (Å²) >= 11 is 1.67. The number of hydrogen-bond acceptors (Lipinski definition) is 5. The lowest BCUT2D eigenvalue weighted by Crippen LogP contribution is -2.34. The Morgan fingerprint density at radius 1 is 1.33 bits per heavy atom. The van der Waals surface area contributed by atoms with Crippen molar-refractivity contribution in [3.63, 3.8) is 0 Å². The highest BCUT2D eigenvalue weighted by atomic mass is 32.1. The first-order valence-corrected chi connectivity index (χ1v) is 8.63. The van der Waals surface area contributed by atoms with E-state index in [1.54, 1.807) is 17.5 Å². The fourth-order valence-corrected chi connectivity index (χ4v) is 3.47. The van der Waals surface area contributed by atoms with Crippen molar-refractivity contribution < 1.29 is 4.79 Å². The van der Waals surface area contributed by atoms with Crippen molar-refractivity contribution in [1.82, 2.24) is 24.6 Å². The molecule has 126 valence electrons. The average Bonchev–Trinajstić information content (AvgIpc) is 3.06. The van der Waals surface area contributed by atoms with Gasteiger partial charge in [-0.05, 0) is 33.0 Å². The molecule has 6 nitrogen and oxygen atoms in total. The highest BCUT2D eigenvalue weighted by Crippen LogP contribution is 2.21. The normalized spacial score (nSPS) is 11.3. The molecule has 0 fully saturated rings. The number of carbonyl (C=O) groups excluding carboxylic acids is 1. The van der Waals surface area contributed by atoms with Crippen molar-refractivity contribution in [2.75, 3.05) is 13.6 Å². The van der Waals surface area contributed by atoms with Gasteiger partial charge in [0.2, 0.25) is 5.91 Å². The minimum absolute atomic E-state index is 0.0160. The van der Waals surface area contributed by atoms with E-state index in [0.717, 1.165) is 16.3 Å². The van der Waals surface area contributed by atoms with Crippen LogP contribution in [-0.2, 0) is 17.9 Å². The maximum Gasteiger partial charge on any atom is 0.234 e. The molecule has 0 saturated heterocycles. The molecular formula is C17H21N5OS. The predicted octanol–water partition coefficient (Wildman–Crippen LogP) is 2.16. The largest absolute Gasteiger partial charge is 0.349 e. The third-order valence-electron chi connectivity index (χ3n) is 3.88. The zero-order valence-electron chi connectivity index (χ0n) is 14.1. The van der Waals surface area contributed by atoms with Gasteiger partial charge in [-0.25, -0.2) is 4.98 Å². The van der Waals surface area contributed by atoms with Crippen LogP contribution < -0.4 is 5.32 Å². The van der Waals surface area contributed by atoms with Crippen LogP contribution in [0.4, 0.5) is 0 Å². The molecule has 0 radical (unpaired) electrons. The Balaban J connectivity index is 1.51. The van der Waals surface area contributed by atoms with Gasteiger partial charge in [0.05, 0.1) is 24.5 Å². The quantitative estimate of drug-likeness (QED) is 0.745. The molecule has 0 saturated carbocycles. The number of likely N-dealkylation sites (N-methyl/N-ethyl adjacent to an activating group) is 1. The van der Waals surface area contributed by atoms with Gasteiger partial charge in [-0.15, -0.1) is 11.3 Å². The van der Waals surface area contributed by atoms with Crippen LogP contribution in [0.2, 0.25) is 0 Å². The molecule has 0 atom stereocenters. The number of nitrogens with one attached hydrogen (secondary N) is 1. The molecule has 0 spiro atoms. The summed E-state index contributed by atoms with van der Waals surface area (Å²) in [5.41, 5.74) is 3.04. The van der Waals surface area contributed by atoms with E-state index in [1.807, 2.05) is 36.3 Å². The number of rotatable bonds is 6. The van der Waals surface area contributed by atoms with Crippen LogP contribution in [0.15, 0.2) is 30.6 Å². The maximum atomic E-state index is 12.1. The van der Waals surface area contributed by atoms with Gasteiger partial charge in [0.25, 0.3) is 0 Å². The number of imidazole rings is 1. The van der Waals surface area contributed by atoms with E-state index >= 15 is 0 Å². The second kappa shape index (κ2) is 7.11. The second-order valence-electron chi connectivity index (χ2n) is 5.90. The summed E-state index contributed by atoms with van der Waals surface area (Å²) < 4.78 is 2.08. The molecule has 1 amide bonds. The van der Waals surface area contributed by atoms with E-state index in [1.165, 1.54) is 10.6 Å². The monoisotopic (exact) mass is 343 g/mol. The number of carbonyl (C=O) groups is 1. The highest BCUT2D eigenvalue weighted by Gasteiger charge is 2.11. The topological polar surface area (TPSA) is 62.5 Å². The number of hydrogen-bond donors (Lipinski definition) is 1. The second-order valence-corrected chi connectivity index (χ2v) is 7.08. The van der Waals surface area contributed by atoms with Crippen molar-refractivity contribution in [2.45, 2.75) is 26.9 Å². The summed E-state index contributed by atoms with van der Waals surface area (Å²) in [5, 5.41) is 2.93. The van der Waals surface area contributed by atoms with E-state index in [4.69, 9.17) is 0 Å². The van der Waals surface area contributed by atoms with Crippen molar-refractivity contribution in [3.05, 3.63) is 52.6 Å². The third-order valence-corrected chi connectivity index (χ3v) is 4.95. The number of amides is 1. The minimum Gasteiger partial charge on any atom is -0.349 e. The molecule has 0 bridgehead atoms. The number of pyridine rings is 1. The number of aromatic nitrogens is 3. The molecule has 3 aromatic rings. The molecule has 3 rings (SSSR count). The van der Waals surface area contributed by atoms with Crippen LogP contribution in [0.25, 0.3) is 4.96 Å².